The van der Waals surface area contributed by atoms with Gasteiger partial charge >= 0.3 is 0 Å². The Bertz CT molecular complexity index is 937. The number of nitro groups is 1. The van der Waals surface area contributed by atoms with E-state index < -0.39 is 10.8 Å². The number of para-hydroxylation sites is 2. The number of hydrogen-bond acceptors (Lipinski definition) is 6. The quantitative estimate of drug-likeness (QED) is 0.320. The van der Waals surface area contributed by atoms with Crippen LogP contribution in [0.5, 0.6) is 5.75 Å². The molecule has 0 radical (unpaired) electrons. The Balaban J connectivity index is 2.19. The molecule has 0 spiro atoms. The van der Waals surface area contributed by atoms with E-state index in [-0.39, 0.29) is 22.0 Å². The lowest BCUT2D eigenvalue weighted by Gasteiger charge is -2.10. The molecule has 0 aromatic heterocycles. The van der Waals surface area contributed by atoms with Gasteiger partial charge in [0.1, 0.15) is 17.4 Å². The second kappa shape index (κ2) is 9.22. The second-order valence-corrected chi connectivity index (χ2v) is 5.53. The van der Waals surface area contributed by atoms with Crippen molar-refractivity contribution < 1.29 is 14.5 Å². The number of benzene rings is 2. The van der Waals surface area contributed by atoms with Crippen LogP contribution in [-0.4, -0.2) is 17.4 Å². The number of carbonyl (C=O) groups excluding carboxylic acids is 1. The van der Waals surface area contributed by atoms with Gasteiger partial charge in [0.25, 0.3) is 11.6 Å². The maximum Gasteiger partial charge on any atom is 0.271 e. The first-order valence-electron chi connectivity index (χ1n) is 7.80. The number of halogens is 1. The van der Waals surface area contributed by atoms with E-state index in [4.69, 9.17) is 16.3 Å². The number of anilines is 2. The second-order valence-electron chi connectivity index (χ2n) is 5.12. The predicted octanol–water partition coefficient (Wildman–Crippen LogP) is 4.10. The number of non-ortho nitro benzene ring substituents is 1. The number of carbonyl (C=O) groups is 1. The van der Waals surface area contributed by atoms with E-state index in [0.29, 0.717) is 18.0 Å². The van der Waals surface area contributed by atoms with Crippen molar-refractivity contribution in [1.29, 1.82) is 5.26 Å². The number of ether oxygens (including phenoxy) is 1. The lowest BCUT2D eigenvalue weighted by molar-refractivity contribution is -0.384. The first-order valence-corrected chi connectivity index (χ1v) is 8.18. The maximum absolute atomic E-state index is 12.3. The van der Waals surface area contributed by atoms with Crippen molar-refractivity contribution in [3.05, 3.63) is 69.4 Å². The van der Waals surface area contributed by atoms with Gasteiger partial charge in [-0.3, -0.25) is 14.9 Å². The van der Waals surface area contributed by atoms with E-state index in [1.54, 1.807) is 30.3 Å². The maximum atomic E-state index is 12.3. The van der Waals surface area contributed by atoms with E-state index in [0.717, 1.165) is 6.07 Å². The number of nitriles is 1. The highest BCUT2D eigenvalue weighted by Crippen LogP contribution is 2.27. The highest BCUT2D eigenvalue weighted by molar-refractivity contribution is 6.34. The minimum absolute atomic E-state index is 0.0340. The Labute approximate surface area is 160 Å². The van der Waals surface area contributed by atoms with Crippen molar-refractivity contribution in [3.8, 4) is 11.8 Å². The van der Waals surface area contributed by atoms with Gasteiger partial charge in [-0.25, -0.2) is 0 Å². The number of nitro benzene ring substituents is 1. The summed E-state index contributed by atoms with van der Waals surface area (Å²) in [6.45, 7) is 2.29. The van der Waals surface area contributed by atoms with Crippen LogP contribution >= 0.6 is 11.6 Å². The summed E-state index contributed by atoms with van der Waals surface area (Å²) < 4.78 is 5.45. The zero-order valence-electron chi connectivity index (χ0n) is 14.2. The molecule has 0 fully saturated rings. The standard InChI is InChI=1S/C18H15ClN4O4/c1-2-27-17-6-4-3-5-15(17)21-11-12(10-20)18(24)22-16-9-13(23(25)26)7-8-14(16)19/h3-9,11,21H,2H2,1H3,(H,22,24)/b12-11-. The molecule has 27 heavy (non-hydrogen) atoms. The average Bonchev–Trinajstić information content (AvgIpc) is 2.65. The third-order valence-corrected chi connectivity index (χ3v) is 3.66. The summed E-state index contributed by atoms with van der Waals surface area (Å²) in [4.78, 5) is 22.5. The zero-order valence-corrected chi connectivity index (χ0v) is 15.0. The highest BCUT2D eigenvalue weighted by Gasteiger charge is 2.15. The van der Waals surface area contributed by atoms with E-state index >= 15 is 0 Å². The molecule has 0 heterocycles. The molecular weight excluding hydrogens is 372 g/mol. The Kier molecular flexibility index (Phi) is 6.74. The van der Waals surface area contributed by atoms with Crippen molar-refractivity contribution in [3.63, 3.8) is 0 Å². The Hall–Kier alpha value is -3.57. The molecule has 0 aliphatic rings. The number of hydrogen-bond donors (Lipinski definition) is 2. The summed E-state index contributed by atoms with van der Waals surface area (Å²) in [6.07, 6.45) is 1.22. The molecule has 0 saturated heterocycles. The van der Waals surface area contributed by atoms with Gasteiger partial charge in [0.05, 0.1) is 27.9 Å². The van der Waals surface area contributed by atoms with Gasteiger partial charge < -0.3 is 15.4 Å². The van der Waals surface area contributed by atoms with E-state index in [9.17, 15) is 20.2 Å². The van der Waals surface area contributed by atoms with Crippen molar-refractivity contribution in [1.82, 2.24) is 0 Å². The Morgan fingerprint density at radius 2 is 2.07 bits per heavy atom. The molecule has 2 N–H and O–H groups in total. The average molecular weight is 387 g/mol. The monoisotopic (exact) mass is 386 g/mol. The first-order chi connectivity index (χ1) is 13.0. The van der Waals surface area contributed by atoms with Crippen molar-refractivity contribution >= 4 is 34.6 Å². The molecule has 138 valence electrons. The van der Waals surface area contributed by atoms with Crippen molar-refractivity contribution in [2.45, 2.75) is 6.92 Å². The van der Waals surface area contributed by atoms with E-state index in [1.165, 1.54) is 18.3 Å². The fraction of sp³-hybridized carbons (Fsp3) is 0.111. The molecule has 0 aliphatic carbocycles. The Morgan fingerprint density at radius 1 is 1.33 bits per heavy atom. The van der Waals surface area contributed by atoms with Crippen LogP contribution in [0.3, 0.4) is 0 Å². The minimum atomic E-state index is -0.763. The van der Waals surface area contributed by atoms with E-state index in [2.05, 4.69) is 10.6 Å². The van der Waals surface area contributed by atoms with Gasteiger partial charge in [0, 0.05) is 18.3 Å². The summed E-state index contributed by atoms with van der Waals surface area (Å²) in [5.41, 5.74) is 0.129. The molecule has 0 unspecified atom stereocenters. The highest BCUT2D eigenvalue weighted by atomic mass is 35.5. The fourth-order valence-electron chi connectivity index (χ4n) is 2.08. The molecule has 9 heteroatoms. The molecule has 0 atom stereocenters. The molecule has 2 rings (SSSR count). The van der Waals surface area contributed by atoms with Gasteiger partial charge in [0.15, 0.2) is 0 Å². The number of amides is 1. The molecule has 2 aromatic rings. The van der Waals surface area contributed by atoms with Crippen LogP contribution in [0.2, 0.25) is 5.02 Å². The third-order valence-electron chi connectivity index (χ3n) is 3.33. The molecule has 2 aromatic carbocycles. The summed E-state index contributed by atoms with van der Waals surface area (Å²) in [7, 11) is 0. The summed E-state index contributed by atoms with van der Waals surface area (Å²) in [5, 5.41) is 25.5. The van der Waals surface area contributed by atoms with Crippen LogP contribution in [0.15, 0.2) is 54.2 Å². The normalized spacial score (nSPS) is 10.6. The predicted molar refractivity (Wildman–Crippen MR) is 102 cm³/mol. The minimum Gasteiger partial charge on any atom is -0.492 e. The van der Waals surface area contributed by atoms with Crippen LogP contribution in [0.25, 0.3) is 0 Å². The molecule has 0 aliphatic heterocycles. The van der Waals surface area contributed by atoms with Gasteiger partial charge in [-0.1, -0.05) is 23.7 Å². The molecule has 0 bridgehead atoms. The van der Waals surface area contributed by atoms with Crippen LogP contribution in [-0.2, 0) is 4.79 Å². The Morgan fingerprint density at radius 3 is 2.74 bits per heavy atom. The van der Waals surface area contributed by atoms with Crippen LogP contribution in [0, 0.1) is 21.4 Å². The first kappa shape index (κ1) is 19.8. The lowest BCUT2D eigenvalue weighted by Crippen LogP contribution is -2.15. The molecule has 8 nitrogen and oxygen atoms in total. The van der Waals surface area contributed by atoms with Crippen LogP contribution < -0.4 is 15.4 Å². The van der Waals surface area contributed by atoms with Crippen molar-refractivity contribution in [2.24, 2.45) is 0 Å². The van der Waals surface area contributed by atoms with Crippen LogP contribution in [0.4, 0.5) is 17.1 Å². The van der Waals surface area contributed by atoms with Crippen LogP contribution in [0.1, 0.15) is 6.92 Å². The SMILES string of the molecule is CCOc1ccccc1N/C=C(/C#N)C(=O)Nc1cc([N+](=O)[O-])ccc1Cl. The van der Waals surface area contributed by atoms with Crippen molar-refractivity contribution in [2.75, 3.05) is 17.2 Å². The topological polar surface area (TPSA) is 117 Å². The van der Waals surface area contributed by atoms with Gasteiger partial charge in [0.2, 0.25) is 0 Å². The largest absolute Gasteiger partial charge is 0.492 e. The van der Waals surface area contributed by atoms with E-state index in [1.807, 2.05) is 6.92 Å². The number of rotatable bonds is 7. The summed E-state index contributed by atoms with van der Waals surface area (Å²) in [6, 6.07) is 12.4. The van der Waals surface area contributed by atoms with Gasteiger partial charge in [-0.2, -0.15) is 5.26 Å². The fourth-order valence-corrected chi connectivity index (χ4v) is 2.24. The smallest absolute Gasteiger partial charge is 0.271 e. The number of nitrogens with one attached hydrogen (secondary N) is 2. The number of nitrogens with zero attached hydrogens (tertiary/aromatic N) is 2. The molecule has 1 amide bonds. The third kappa shape index (κ3) is 5.20. The van der Waals surface area contributed by atoms with Gasteiger partial charge in [-0.05, 0) is 25.1 Å². The zero-order chi connectivity index (χ0) is 19.8. The lowest BCUT2D eigenvalue weighted by atomic mass is 10.2. The summed E-state index contributed by atoms with van der Waals surface area (Å²) in [5.74, 6) is -0.197. The van der Waals surface area contributed by atoms with Gasteiger partial charge in [-0.15, -0.1) is 0 Å². The summed E-state index contributed by atoms with van der Waals surface area (Å²) >= 11 is 5.95. The molecular formula is C18H15ClN4O4. The molecule has 0 saturated carbocycles.